The first-order valence-corrected chi connectivity index (χ1v) is 5.10. The lowest BCUT2D eigenvalue weighted by Crippen LogP contribution is -2.32. The summed E-state index contributed by atoms with van der Waals surface area (Å²) in [6.07, 6.45) is 4.33. The average molecular weight is 213 g/mol. The molecule has 0 aromatic carbocycles. The summed E-state index contributed by atoms with van der Waals surface area (Å²) in [6, 6.07) is 0.216. The number of aromatic nitrogens is 2. The molecule has 1 unspecified atom stereocenters. The number of H-pyrrole nitrogens is 1. The number of aromatic amines is 1. The first-order valence-electron chi connectivity index (χ1n) is 5.10. The zero-order chi connectivity index (χ0) is 11.1. The Labute approximate surface area is 90.2 Å². The van der Waals surface area contributed by atoms with Gasteiger partial charge in [-0.1, -0.05) is 6.92 Å². The van der Waals surface area contributed by atoms with E-state index >= 15 is 0 Å². The molecule has 0 aliphatic heterocycles. The van der Waals surface area contributed by atoms with E-state index in [0.29, 0.717) is 6.54 Å². The first kappa shape index (κ1) is 12.2. The minimum absolute atomic E-state index is 0.214. The summed E-state index contributed by atoms with van der Waals surface area (Å²) in [7, 11) is 3.26. The predicted octanol–water partition coefficient (Wildman–Crippen LogP) is 1.07. The fourth-order valence-electron chi connectivity index (χ4n) is 1.40. The van der Waals surface area contributed by atoms with Gasteiger partial charge < -0.3 is 19.8 Å². The lowest BCUT2D eigenvalue weighted by molar-refractivity contribution is -0.100. The molecule has 86 valence electrons. The van der Waals surface area contributed by atoms with Crippen molar-refractivity contribution in [1.29, 1.82) is 0 Å². The normalized spacial score (nSPS) is 13.3. The van der Waals surface area contributed by atoms with Crippen molar-refractivity contribution < 1.29 is 9.47 Å². The van der Waals surface area contributed by atoms with Gasteiger partial charge in [0, 0.05) is 33.2 Å². The number of rotatable bonds is 7. The Morgan fingerprint density at radius 3 is 2.67 bits per heavy atom. The van der Waals surface area contributed by atoms with Gasteiger partial charge in [0.25, 0.3) is 0 Å². The number of hydrogen-bond donors (Lipinski definition) is 2. The molecular formula is C10H19N3O2. The number of nitrogens with zero attached hydrogens (tertiary/aromatic N) is 1. The Morgan fingerprint density at radius 2 is 2.20 bits per heavy atom. The van der Waals surface area contributed by atoms with Crippen LogP contribution in [0.5, 0.6) is 0 Å². The van der Waals surface area contributed by atoms with Crippen LogP contribution in [0.3, 0.4) is 0 Å². The maximum absolute atomic E-state index is 5.10. The van der Waals surface area contributed by atoms with E-state index in [2.05, 4.69) is 22.2 Å². The van der Waals surface area contributed by atoms with Crippen LogP contribution < -0.4 is 5.32 Å². The third-order valence-corrected chi connectivity index (χ3v) is 2.31. The maximum atomic E-state index is 5.10. The highest BCUT2D eigenvalue weighted by atomic mass is 16.7. The molecule has 1 atom stereocenters. The summed E-state index contributed by atoms with van der Waals surface area (Å²) >= 11 is 0. The lowest BCUT2D eigenvalue weighted by atomic mass is 10.2. The van der Waals surface area contributed by atoms with Gasteiger partial charge in [-0.3, -0.25) is 0 Å². The van der Waals surface area contributed by atoms with E-state index < -0.39 is 0 Å². The summed E-state index contributed by atoms with van der Waals surface area (Å²) in [5.74, 6) is 0.948. The van der Waals surface area contributed by atoms with Gasteiger partial charge in [0.15, 0.2) is 6.29 Å². The highest BCUT2D eigenvalue weighted by Gasteiger charge is 2.13. The zero-order valence-corrected chi connectivity index (χ0v) is 9.49. The Kier molecular flexibility index (Phi) is 5.31. The molecule has 0 radical (unpaired) electrons. The van der Waals surface area contributed by atoms with Gasteiger partial charge in [0.1, 0.15) is 5.82 Å². The van der Waals surface area contributed by atoms with E-state index in [-0.39, 0.29) is 12.3 Å². The molecular weight excluding hydrogens is 194 g/mol. The fourth-order valence-corrected chi connectivity index (χ4v) is 1.40. The van der Waals surface area contributed by atoms with Crippen molar-refractivity contribution in [2.45, 2.75) is 25.7 Å². The second-order valence-corrected chi connectivity index (χ2v) is 3.24. The Balaban J connectivity index is 2.41. The molecule has 0 fully saturated rings. The number of hydrogen-bond acceptors (Lipinski definition) is 4. The van der Waals surface area contributed by atoms with Crippen LogP contribution in [0.15, 0.2) is 12.4 Å². The van der Waals surface area contributed by atoms with Crippen LogP contribution >= 0.6 is 0 Å². The van der Waals surface area contributed by atoms with Crippen LogP contribution in [0.1, 0.15) is 25.2 Å². The van der Waals surface area contributed by atoms with E-state index in [0.717, 1.165) is 12.2 Å². The highest BCUT2D eigenvalue weighted by molar-refractivity contribution is 4.94. The largest absolute Gasteiger partial charge is 0.355 e. The van der Waals surface area contributed by atoms with Crippen LogP contribution in [0.4, 0.5) is 0 Å². The van der Waals surface area contributed by atoms with Gasteiger partial charge in [-0.15, -0.1) is 0 Å². The number of nitrogens with one attached hydrogen (secondary N) is 2. The molecule has 0 aliphatic rings. The third-order valence-electron chi connectivity index (χ3n) is 2.31. The summed E-state index contributed by atoms with van der Waals surface area (Å²) in [4.78, 5) is 7.31. The van der Waals surface area contributed by atoms with Gasteiger partial charge >= 0.3 is 0 Å². The number of imidazole rings is 1. The maximum Gasteiger partial charge on any atom is 0.169 e. The van der Waals surface area contributed by atoms with Crippen molar-refractivity contribution in [1.82, 2.24) is 15.3 Å². The van der Waals surface area contributed by atoms with Crippen molar-refractivity contribution in [2.75, 3.05) is 20.8 Å². The van der Waals surface area contributed by atoms with Crippen molar-refractivity contribution in [3.63, 3.8) is 0 Å². The molecule has 0 bridgehead atoms. The second kappa shape index (κ2) is 6.55. The molecule has 0 aliphatic carbocycles. The number of methoxy groups -OCH3 is 2. The van der Waals surface area contributed by atoms with Crippen molar-refractivity contribution in [3.8, 4) is 0 Å². The van der Waals surface area contributed by atoms with E-state index in [1.165, 1.54) is 0 Å². The molecule has 2 N–H and O–H groups in total. The van der Waals surface area contributed by atoms with Crippen LogP contribution in [-0.4, -0.2) is 37.0 Å². The van der Waals surface area contributed by atoms with Gasteiger partial charge in [-0.05, 0) is 6.42 Å². The third kappa shape index (κ3) is 3.62. The van der Waals surface area contributed by atoms with Crippen LogP contribution in [-0.2, 0) is 9.47 Å². The van der Waals surface area contributed by atoms with Crippen molar-refractivity contribution in [3.05, 3.63) is 18.2 Å². The number of ether oxygens (including phenoxy) is 2. The molecule has 0 saturated carbocycles. The van der Waals surface area contributed by atoms with Crippen molar-refractivity contribution >= 4 is 0 Å². The molecule has 0 amide bonds. The SMILES string of the molecule is CCC(NCC(OC)OC)c1ncc[nH]1. The van der Waals surface area contributed by atoms with Crippen LogP contribution in [0, 0.1) is 0 Å². The smallest absolute Gasteiger partial charge is 0.169 e. The van der Waals surface area contributed by atoms with Crippen LogP contribution in [0.25, 0.3) is 0 Å². The first-order chi connectivity index (χ1) is 7.31. The molecule has 0 spiro atoms. The molecule has 0 saturated heterocycles. The predicted molar refractivity (Wildman–Crippen MR) is 57.4 cm³/mol. The fraction of sp³-hybridized carbons (Fsp3) is 0.700. The Hall–Kier alpha value is -0.910. The second-order valence-electron chi connectivity index (χ2n) is 3.24. The molecule has 5 nitrogen and oxygen atoms in total. The summed E-state index contributed by atoms with van der Waals surface area (Å²) in [5, 5.41) is 3.33. The van der Waals surface area contributed by atoms with Crippen molar-refractivity contribution in [2.24, 2.45) is 0 Å². The highest BCUT2D eigenvalue weighted by Crippen LogP contribution is 2.11. The summed E-state index contributed by atoms with van der Waals surface area (Å²) in [5.41, 5.74) is 0. The Bertz CT molecular complexity index is 247. The van der Waals surface area contributed by atoms with Crippen LogP contribution in [0.2, 0.25) is 0 Å². The van der Waals surface area contributed by atoms with Gasteiger partial charge in [-0.25, -0.2) is 4.98 Å². The summed E-state index contributed by atoms with van der Waals surface area (Å²) in [6.45, 7) is 2.75. The quantitative estimate of drug-likeness (QED) is 0.665. The minimum Gasteiger partial charge on any atom is -0.355 e. The summed E-state index contributed by atoms with van der Waals surface area (Å²) < 4.78 is 10.2. The monoisotopic (exact) mass is 213 g/mol. The standard InChI is InChI=1S/C10H19N3O2/c1-4-8(10-11-5-6-12-10)13-7-9(14-2)15-3/h5-6,8-9,13H,4,7H2,1-3H3,(H,11,12). The molecule has 1 rings (SSSR count). The topological polar surface area (TPSA) is 59.2 Å². The van der Waals surface area contributed by atoms with E-state index in [1.54, 1.807) is 20.4 Å². The molecule has 15 heavy (non-hydrogen) atoms. The van der Waals surface area contributed by atoms with E-state index in [9.17, 15) is 0 Å². The molecule has 1 heterocycles. The van der Waals surface area contributed by atoms with E-state index in [1.807, 2.05) is 6.20 Å². The molecule has 5 heteroatoms. The average Bonchev–Trinajstić information content (AvgIpc) is 2.78. The lowest BCUT2D eigenvalue weighted by Gasteiger charge is -2.19. The Morgan fingerprint density at radius 1 is 1.47 bits per heavy atom. The van der Waals surface area contributed by atoms with Gasteiger partial charge in [-0.2, -0.15) is 0 Å². The van der Waals surface area contributed by atoms with Gasteiger partial charge in [0.05, 0.1) is 6.04 Å². The van der Waals surface area contributed by atoms with Gasteiger partial charge in [0.2, 0.25) is 0 Å². The molecule has 1 aromatic heterocycles. The minimum atomic E-state index is -0.214. The molecule has 1 aromatic rings. The van der Waals surface area contributed by atoms with E-state index in [4.69, 9.17) is 9.47 Å². The zero-order valence-electron chi connectivity index (χ0n) is 9.49.